The van der Waals surface area contributed by atoms with Crippen LogP contribution in [0, 0.1) is 11.6 Å². The summed E-state index contributed by atoms with van der Waals surface area (Å²) in [6.45, 7) is -0.119. The van der Waals surface area contributed by atoms with Gasteiger partial charge in [-0.2, -0.15) is 0 Å². The van der Waals surface area contributed by atoms with E-state index in [1.807, 2.05) is 0 Å². The number of aliphatic imine (C=N–C) groups is 1. The highest BCUT2D eigenvalue weighted by molar-refractivity contribution is 5.92. The molecule has 1 aliphatic heterocycles. The Labute approximate surface area is 188 Å². The van der Waals surface area contributed by atoms with E-state index in [9.17, 15) is 33.7 Å². The average Bonchev–Trinajstić information content (AvgIpc) is 2.74. The zero-order chi connectivity index (χ0) is 24.9. The highest BCUT2D eigenvalue weighted by atomic mass is 19.1. The molecular weight excluding hydrogens is 444 g/mol. The minimum absolute atomic E-state index is 0.353. The first kappa shape index (κ1) is 26.0. The van der Waals surface area contributed by atoms with Gasteiger partial charge < -0.3 is 41.7 Å². The molecule has 0 unspecified atom stereocenters. The van der Waals surface area contributed by atoms with E-state index < -0.39 is 78.7 Å². The van der Waals surface area contributed by atoms with Crippen molar-refractivity contribution in [1.82, 2.24) is 10.2 Å². The van der Waals surface area contributed by atoms with Gasteiger partial charge >= 0.3 is 0 Å². The van der Waals surface area contributed by atoms with Gasteiger partial charge in [-0.05, 0) is 18.2 Å². The van der Waals surface area contributed by atoms with Gasteiger partial charge in [0.15, 0.2) is 11.7 Å². The SMILES string of the molecule is CC(=O)N[C@H]1[C@H]([C@H](O)[C@H](O)CO)OC(C(=O)N(C)Cc2c(F)cccc2F)=C[C@@H]1N=C(N)N. The molecule has 0 saturated carbocycles. The number of aliphatic hydroxyl groups excluding tert-OH is 3. The van der Waals surface area contributed by atoms with Crippen LogP contribution in [0.2, 0.25) is 0 Å². The summed E-state index contributed by atoms with van der Waals surface area (Å²) in [5, 5.41) is 32.1. The number of likely N-dealkylation sites (N-methyl/N-ethyl adjacent to an activating group) is 1. The average molecular weight is 471 g/mol. The van der Waals surface area contributed by atoms with Crippen molar-refractivity contribution in [3.05, 3.63) is 47.2 Å². The lowest BCUT2D eigenvalue weighted by Gasteiger charge is -2.39. The number of carbonyl (C=O) groups is 2. The van der Waals surface area contributed by atoms with E-state index in [4.69, 9.17) is 16.2 Å². The summed E-state index contributed by atoms with van der Waals surface area (Å²) in [7, 11) is 1.27. The first-order valence-corrected chi connectivity index (χ1v) is 9.85. The summed E-state index contributed by atoms with van der Waals surface area (Å²) in [5.41, 5.74) is 10.6. The molecule has 0 aliphatic carbocycles. The minimum atomic E-state index is -1.77. The van der Waals surface area contributed by atoms with E-state index >= 15 is 0 Å². The van der Waals surface area contributed by atoms with Crippen LogP contribution in [0.15, 0.2) is 35.0 Å². The van der Waals surface area contributed by atoms with E-state index in [0.29, 0.717) is 0 Å². The number of hydrogen-bond acceptors (Lipinski definition) is 7. The summed E-state index contributed by atoms with van der Waals surface area (Å²) in [6, 6.07) is 1.02. The second-order valence-corrected chi connectivity index (χ2v) is 7.49. The number of ether oxygens (including phenoxy) is 1. The molecule has 1 heterocycles. The van der Waals surface area contributed by atoms with Gasteiger partial charge in [0.05, 0.1) is 25.2 Å². The second-order valence-electron chi connectivity index (χ2n) is 7.49. The van der Waals surface area contributed by atoms with Crippen LogP contribution < -0.4 is 16.8 Å². The van der Waals surface area contributed by atoms with E-state index in [0.717, 1.165) is 17.0 Å². The van der Waals surface area contributed by atoms with E-state index in [1.54, 1.807) is 0 Å². The molecule has 0 radical (unpaired) electrons. The summed E-state index contributed by atoms with van der Waals surface area (Å²) >= 11 is 0. The highest BCUT2D eigenvalue weighted by Gasteiger charge is 2.44. The lowest BCUT2D eigenvalue weighted by atomic mass is 9.92. The number of nitrogens with two attached hydrogens (primary N) is 2. The lowest BCUT2D eigenvalue weighted by Crippen LogP contribution is -2.60. The zero-order valence-electron chi connectivity index (χ0n) is 18.0. The molecule has 0 bridgehead atoms. The molecule has 8 N–H and O–H groups in total. The van der Waals surface area contributed by atoms with Gasteiger partial charge in [-0.3, -0.25) is 9.59 Å². The Bertz CT molecular complexity index is 919. The number of amides is 2. The largest absolute Gasteiger partial charge is 0.480 e. The zero-order valence-corrected chi connectivity index (χ0v) is 18.0. The van der Waals surface area contributed by atoms with Gasteiger partial charge in [0.1, 0.15) is 29.9 Å². The summed E-state index contributed by atoms with van der Waals surface area (Å²) in [6.07, 6.45) is -3.75. The molecule has 0 saturated heterocycles. The monoisotopic (exact) mass is 471 g/mol. The molecule has 33 heavy (non-hydrogen) atoms. The number of aliphatic hydroxyl groups is 3. The number of benzene rings is 1. The van der Waals surface area contributed by atoms with Gasteiger partial charge in [0.2, 0.25) is 5.91 Å². The number of nitrogens with one attached hydrogen (secondary N) is 1. The van der Waals surface area contributed by atoms with Gasteiger partial charge in [0.25, 0.3) is 5.91 Å². The van der Waals surface area contributed by atoms with Gasteiger partial charge in [-0.1, -0.05) is 6.07 Å². The fourth-order valence-electron chi connectivity index (χ4n) is 3.32. The quantitative estimate of drug-likeness (QED) is 0.187. The molecule has 1 aliphatic rings. The molecular formula is C20H27F2N5O6. The molecule has 13 heteroatoms. The number of guanidine groups is 1. The van der Waals surface area contributed by atoms with Crippen LogP contribution >= 0.6 is 0 Å². The maximum Gasteiger partial charge on any atom is 0.288 e. The van der Waals surface area contributed by atoms with E-state index in [1.165, 1.54) is 26.1 Å². The molecule has 2 rings (SSSR count). The third kappa shape index (κ3) is 6.37. The Balaban J connectivity index is 2.42. The Hall–Kier alpha value is -3.29. The van der Waals surface area contributed by atoms with Crippen molar-refractivity contribution in [2.45, 2.75) is 43.9 Å². The van der Waals surface area contributed by atoms with Crippen LogP contribution in [0.4, 0.5) is 8.78 Å². The Morgan fingerprint density at radius 2 is 1.88 bits per heavy atom. The van der Waals surface area contributed by atoms with E-state index in [2.05, 4.69) is 10.3 Å². The fraction of sp³-hybridized carbons (Fsp3) is 0.450. The predicted octanol–water partition coefficient (Wildman–Crippen LogP) is -1.93. The van der Waals surface area contributed by atoms with Gasteiger partial charge in [-0.15, -0.1) is 0 Å². The van der Waals surface area contributed by atoms with E-state index in [-0.39, 0.29) is 5.56 Å². The van der Waals surface area contributed by atoms with Gasteiger partial charge in [-0.25, -0.2) is 13.8 Å². The van der Waals surface area contributed by atoms with Crippen LogP contribution in [0.5, 0.6) is 0 Å². The molecule has 11 nitrogen and oxygen atoms in total. The molecule has 0 aromatic heterocycles. The number of nitrogens with zero attached hydrogens (tertiary/aromatic N) is 2. The number of carbonyl (C=O) groups excluding carboxylic acids is 2. The molecule has 182 valence electrons. The molecule has 0 spiro atoms. The Morgan fingerprint density at radius 3 is 2.39 bits per heavy atom. The van der Waals surface area contributed by atoms with Crippen molar-refractivity contribution in [3.8, 4) is 0 Å². The number of hydrogen-bond donors (Lipinski definition) is 6. The second kappa shape index (κ2) is 11.0. The molecule has 5 atom stereocenters. The lowest BCUT2D eigenvalue weighted by molar-refractivity contribution is -0.140. The third-order valence-corrected chi connectivity index (χ3v) is 4.91. The Morgan fingerprint density at radius 1 is 1.27 bits per heavy atom. The molecule has 1 aromatic rings. The maximum atomic E-state index is 14.0. The van der Waals surface area contributed by atoms with Crippen LogP contribution in [-0.4, -0.2) is 82.0 Å². The highest BCUT2D eigenvalue weighted by Crippen LogP contribution is 2.26. The normalized spacial score (nSPS) is 21.8. The number of halogens is 2. The number of rotatable bonds is 8. The van der Waals surface area contributed by atoms with Crippen LogP contribution in [0.3, 0.4) is 0 Å². The Kier molecular flexibility index (Phi) is 8.68. The topological polar surface area (TPSA) is 184 Å². The van der Waals surface area contributed by atoms with Crippen LogP contribution in [0.1, 0.15) is 12.5 Å². The van der Waals surface area contributed by atoms with Crippen molar-refractivity contribution in [2.24, 2.45) is 16.5 Å². The van der Waals surface area contributed by atoms with Crippen LogP contribution in [-0.2, 0) is 20.9 Å². The maximum absolute atomic E-state index is 14.0. The molecule has 2 amide bonds. The minimum Gasteiger partial charge on any atom is -0.480 e. The van der Waals surface area contributed by atoms with Crippen molar-refractivity contribution >= 4 is 17.8 Å². The predicted molar refractivity (Wildman–Crippen MR) is 112 cm³/mol. The first-order chi connectivity index (χ1) is 15.5. The smallest absolute Gasteiger partial charge is 0.288 e. The summed E-state index contributed by atoms with van der Waals surface area (Å²) in [5.74, 6) is -3.90. The third-order valence-electron chi connectivity index (χ3n) is 4.91. The van der Waals surface area contributed by atoms with Crippen LogP contribution in [0.25, 0.3) is 0 Å². The molecule has 1 aromatic carbocycles. The van der Waals surface area contributed by atoms with Crippen molar-refractivity contribution < 1.29 is 38.4 Å². The fourth-order valence-corrected chi connectivity index (χ4v) is 3.32. The summed E-state index contributed by atoms with van der Waals surface area (Å²) < 4.78 is 33.6. The van der Waals surface area contributed by atoms with Gasteiger partial charge in [0, 0.05) is 19.5 Å². The summed E-state index contributed by atoms with van der Waals surface area (Å²) in [4.78, 5) is 29.6. The standard InChI is InChI=1S/C20H27F2N5O6/c1-9(29)25-16-13(26-20(23)24)6-15(33-18(16)17(31)14(30)8-28)19(32)27(2)7-10-11(21)4-3-5-12(10)22/h3-6,13-14,16-18,28,30-31H,7-8H2,1-2H3,(H,25,29)(H4,23,24,26)/t13-,14+,16+,17+,18+/m0/s1. The van der Waals surface area contributed by atoms with Crippen molar-refractivity contribution in [1.29, 1.82) is 0 Å². The van der Waals surface area contributed by atoms with Crippen molar-refractivity contribution in [3.63, 3.8) is 0 Å². The molecule has 0 fully saturated rings. The van der Waals surface area contributed by atoms with Crippen molar-refractivity contribution in [2.75, 3.05) is 13.7 Å². The first-order valence-electron chi connectivity index (χ1n) is 9.85.